The van der Waals surface area contributed by atoms with E-state index in [2.05, 4.69) is 9.97 Å². The van der Waals surface area contributed by atoms with E-state index in [1.165, 1.54) is 11.3 Å². The first-order valence-corrected chi connectivity index (χ1v) is 9.19. The van der Waals surface area contributed by atoms with Crippen molar-refractivity contribution in [3.05, 3.63) is 38.9 Å². The van der Waals surface area contributed by atoms with E-state index in [1.807, 2.05) is 4.90 Å². The van der Waals surface area contributed by atoms with E-state index in [0.29, 0.717) is 11.6 Å². The molecule has 140 valence electrons. The molecule has 3 heterocycles. The Morgan fingerprint density at radius 1 is 1.50 bits per heavy atom. The highest BCUT2D eigenvalue weighted by Gasteiger charge is 2.35. The molecule has 1 aliphatic rings. The molecule has 0 radical (unpaired) electrons. The Kier molecular flexibility index (Phi) is 5.38. The molecule has 1 saturated heterocycles. The summed E-state index contributed by atoms with van der Waals surface area (Å²) in [4.78, 5) is 21.9. The topological polar surface area (TPSA) is 55.3 Å². The van der Waals surface area contributed by atoms with Crippen LogP contribution >= 0.6 is 22.9 Å². The zero-order valence-corrected chi connectivity index (χ0v) is 15.3. The molecule has 0 amide bonds. The van der Waals surface area contributed by atoms with Crippen molar-refractivity contribution in [3.63, 3.8) is 0 Å². The highest BCUT2D eigenvalue weighted by atomic mass is 35.5. The second kappa shape index (κ2) is 7.40. The molecule has 0 spiro atoms. The Morgan fingerprint density at radius 2 is 2.27 bits per heavy atom. The van der Waals surface area contributed by atoms with Gasteiger partial charge in [0.1, 0.15) is 10.8 Å². The largest absolute Gasteiger partial charge is 0.461 e. The fraction of sp³-hybridized carbons (Fsp3) is 0.438. The SMILES string of the molecule is CCOC(=O)c1csc(C2CCCN2c2ncc(C(F)(F)F)cc2Cl)n1. The molecule has 1 fully saturated rings. The molecule has 0 N–H and O–H groups in total. The highest BCUT2D eigenvalue weighted by molar-refractivity contribution is 7.10. The van der Waals surface area contributed by atoms with E-state index in [1.54, 1.807) is 12.3 Å². The summed E-state index contributed by atoms with van der Waals surface area (Å²) >= 11 is 7.38. The van der Waals surface area contributed by atoms with Crippen LogP contribution in [0.3, 0.4) is 0 Å². The normalized spacial score (nSPS) is 17.6. The number of thiazole rings is 1. The van der Waals surface area contributed by atoms with E-state index >= 15 is 0 Å². The third-order valence-electron chi connectivity index (χ3n) is 3.97. The number of esters is 1. The van der Waals surface area contributed by atoms with Crippen LogP contribution in [0, 0.1) is 0 Å². The summed E-state index contributed by atoms with van der Waals surface area (Å²) in [5.74, 6) is -0.208. The van der Waals surface area contributed by atoms with Crippen molar-refractivity contribution in [1.82, 2.24) is 9.97 Å². The summed E-state index contributed by atoms with van der Waals surface area (Å²) in [6.45, 7) is 2.56. The van der Waals surface area contributed by atoms with Crippen LogP contribution in [0.4, 0.5) is 19.0 Å². The molecule has 1 aliphatic heterocycles. The van der Waals surface area contributed by atoms with Crippen molar-refractivity contribution in [2.45, 2.75) is 32.0 Å². The zero-order valence-electron chi connectivity index (χ0n) is 13.7. The Labute approximate surface area is 156 Å². The fourth-order valence-corrected chi connectivity index (χ4v) is 4.02. The van der Waals surface area contributed by atoms with Gasteiger partial charge in [0.15, 0.2) is 5.69 Å². The summed E-state index contributed by atoms with van der Waals surface area (Å²) in [7, 11) is 0. The number of nitrogens with zero attached hydrogens (tertiary/aromatic N) is 3. The molecule has 0 aliphatic carbocycles. The lowest BCUT2D eigenvalue weighted by Gasteiger charge is -2.25. The Balaban J connectivity index is 1.86. The molecular weight excluding hydrogens is 391 g/mol. The van der Waals surface area contributed by atoms with Crippen molar-refractivity contribution >= 4 is 34.7 Å². The van der Waals surface area contributed by atoms with Crippen molar-refractivity contribution < 1.29 is 22.7 Å². The minimum atomic E-state index is -4.50. The van der Waals surface area contributed by atoms with Crippen molar-refractivity contribution in [1.29, 1.82) is 0 Å². The molecule has 0 saturated carbocycles. The molecular formula is C16H15ClF3N3O2S. The molecule has 0 bridgehead atoms. The number of halogens is 4. The summed E-state index contributed by atoms with van der Waals surface area (Å²) in [6.07, 6.45) is -2.15. The summed E-state index contributed by atoms with van der Waals surface area (Å²) in [6, 6.07) is 0.690. The van der Waals surface area contributed by atoms with Crippen LogP contribution in [0.5, 0.6) is 0 Å². The third kappa shape index (κ3) is 3.78. The van der Waals surface area contributed by atoms with Crippen LogP contribution in [0.15, 0.2) is 17.6 Å². The molecule has 10 heteroatoms. The van der Waals surface area contributed by atoms with Gasteiger partial charge in [-0.1, -0.05) is 11.6 Å². The van der Waals surface area contributed by atoms with Gasteiger partial charge in [0, 0.05) is 18.1 Å². The number of alkyl halides is 3. The van der Waals surface area contributed by atoms with Crippen LogP contribution < -0.4 is 4.90 Å². The van der Waals surface area contributed by atoms with Gasteiger partial charge in [-0.15, -0.1) is 11.3 Å². The highest BCUT2D eigenvalue weighted by Crippen LogP contribution is 2.40. The van der Waals surface area contributed by atoms with Gasteiger partial charge in [-0.2, -0.15) is 13.2 Å². The van der Waals surface area contributed by atoms with Crippen molar-refractivity contribution in [2.75, 3.05) is 18.1 Å². The first kappa shape index (κ1) is 18.9. The molecule has 0 aromatic carbocycles. The standard InChI is InChI=1S/C16H15ClF3N3O2S/c1-2-25-15(24)11-8-26-14(22-11)12-4-3-5-23(12)13-10(17)6-9(7-21-13)16(18,19)20/h6-8,12H,2-5H2,1H3. The number of hydrogen-bond donors (Lipinski definition) is 0. The number of aromatic nitrogens is 2. The lowest BCUT2D eigenvalue weighted by atomic mass is 10.2. The monoisotopic (exact) mass is 405 g/mol. The molecule has 3 rings (SSSR count). The van der Waals surface area contributed by atoms with Crippen LogP contribution in [0.2, 0.25) is 5.02 Å². The minimum Gasteiger partial charge on any atom is -0.461 e. The van der Waals surface area contributed by atoms with Gasteiger partial charge in [0.2, 0.25) is 0 Å². The van der Waals surface area contributed by atoms with Crippen molar-refractivity contribution in [3.8, 4) is 0 Å². The van der Waals surface area contributed by atoms with Crippen LogP contribution in [0.25, 0.3) is 0 Å². The first-order chi connectivity index (χ1) is 12.3. The molecule has 5 nitrogen and oxygen atoms in total. The summed E-state index contributed by atoms with van der Waals surface area (Å²) in [5, 5.41) is 2.24. The van der Waals surface area contributed by atoms with Gasteiger partial charge >= 0.3 is 12.1 Å². The average molecular weight is 406 g/mol. The lowest BCUT2D eigenvalue weighted by molar-refractivity contribution is -0.137. The second-order valence-corrected chi connectivity index (χ2v) is 6.97. The van der Waals surface area contributed by atoms with E-state index in [9.17, 15) is 18.0 Å². The first-order valence-electron chi connectivity index (χ1n) is 7.93. The lowest BCUT2D eigenvalue weighted by Crippen LogP contribution is -2.24. The van der Waals surface area contributed by atoms with E-state index in [0.717, 1.165) is 25.1 Å². The Hall–Kier alpha value is -1.87. The van der Waals surface area contributed by atoms with Gasteiger partial charge in [-0.25, -0.2) is 14.8 Å². The van der Waals surface area contributed by atoms with Crippen LogP contribution in [-0.2, 0) is 10.9 Å². The summed E-state index contributed by atoms with van der Waals surface area (Å²) < 4.78 is 43.3. The van der Waals surface area contributed by atoms with Crippen molar-refractivity contribution in [2.24, 2.45) is 0 Å². The molecule has 26 heavy (non-hydrogen) atoms. The smallest absolute Gasteiger partial charge is 0.417 e. The average Bonchev–Trinajstić information content (AvgIpc) is 3.23. The quantitative estimate of drug-likeness (QED) is 0.688. The predicted molar refractivity (Wildman–Crippen MR) is 91.6 cm³/mol. The minimum absolute atomic E-state index is 0.0612. The number of pyridine rings is 1. The number of hydrogen-bond acceptors (Lipinski definition) is 6. The molecule has 1 unspecified atom stereocenters. The Morgan fingerprint density at radius 3 is 2.92 bits per heavy atom. The maximum Gasteiger partial charge on any atom is 0.417 e. The van der Waals surface area contributed by atoms with Gasteiger partial charge in [0.05, 0.1) is 23.2 Å². The Bertz CT molecular complexity index is 812. The zero-order chi connectivity index (χ0) is 18.9. The number of carbonyl (C=O) groups is 1. The van der Waals surface area contributed by atoms with Crippen LogP contribution in [-0.4, -0.2) is 29.1 Å². The van der Waals surface area contributed by atoms with Crippen LogP contribution in [0.1, 0.15) is 46.9 Å². The maximum atomic E-state index is 12.8. The number of rotatable bonds is 4. The number of carbonyl (C=O) groups excluding carboxylic acids is 1. The van der Waals surface area contributed by atoms with Gasteiger partial charge in [-0.3, -0.25) is 0 Å². The predicted octanol–water partition coefficient (Wildman–Crippen LogP) is 4.73. The number of ether oxygens (including phenoxy) is 1. The number of anilines is 1. The molecule has 2 aromatic rings. The van der Waals surface area contributed by atoms with E-state index in [-0.39, 0.29) is 29.2 Å². The van der Waals surface area contributed by atoms with Gasteiger partial charge in [-0.05, 0) is 25.8 Å². The van der Waals surface area contributed by atoms with E-state index < -0.39 is 17.7 Å². The summed E-state index contributed by atoms with van der Waals surface area (Å²) in [5.41, 5.74) is -0.661. The van der Waals surface area contributed by atoms with Gasteiger partial charge in [0.25, 0.3) is 0 Å². The van der Waals surface area contributed by atoms with Gasteiger partial charge < -0.3 is 9.64 Å². The molecule has 2 aromatic heterocycles. The third-order valence-corrected chi connectivity index (χ3v) is 5.19. The molecule has 1 atom stereocenters. The second-order valence-electron chi connectivity index (χ2n) is 5.67. The fourth-order valence-electron chi connectivity index (χ4n) is 2.81. The maximum absolute atomic E-state index is 12.8. The van der Waals surface area contributed by atoms with E-state index in [4.69, 9.17) is 16.3 Å².